The van der Waals surface area contributed by atoms with Crippen LogP contribution in [0.4, 0.5) is 4.79 Å². The van der Waals surface area contributed by atoms with Crippen molar-refractivity contribution in [1.82, 2.24) is 4.90 Å². The van der Waals surface area contributed by atoms with Crippen molar-refractivity contribution in [1.29, 1.82) is 0 Å². The zero-order chi connectivity index (χ0) is 27.4. The fraction of sp³-hybridized carbons (Fsp3) is 0.133. The van der Waals surface area contributed by atoms with E-state index in [9.17, 15) is 9.59 Å². The van der Waals surface area contributed by atoms with E-state index in [1.165, 1.54) is 12.0 Å². The number of hydrogen-bond donors (Lipinski definition) is 0. The predicted octanol–water partition coefficient (Wildman–Crippen LogP) is 7.85. The molecule has 1 saturated heterocycles. The van der Waals surface area contributed by atoms with E-state index in [4.69, 9.17) is 37.4 Å². The van der Waals surface area contributed by atoms with Crippen molar-refractivity contribution >= 4 is 63.0 Å². The van der Waals surface area contributed by atoms with Crippen molar-refractivity contribution < 1.29 is 23.8 Å². The number of thioether (sulfide) groups is 1. The van der Waals surface area contributed by atoms with Crippen LogP contribution in [0, 0.1) is 0 Å². The quantitative estimate of drug-likeness (QED) is 0.188. The Morgan fingerprint density at radius 2 is 1.67 bits per heavy atom. The van der Waals surface area contributed by atoms with Gasteiger partial charge in [0, 0.05) is 10.4 Å². The third kappa shape index (κ3) is 6.17. The van der Waals surface area contributed by atoms with Gasteiger partial charge in [0.1, 0.15) is 19.0 Å². The Kier molecular flexibility index (Phi) is 8.31. The van der Waals surface area contributed by atoms with Crippen molar-refractivity contribution in [2.75, 3.05) is 20.3 Å². The third-order valence-corrected chi connectivity index (χ3v) is 7.48. The molecule has 5 rings (SSSR count). The smallest absolute Gasteiger partial charge is 0.293 e. The number of rotatable bonds is 9. The van der Waals surface area contributed by atoms with Gasteiger partial charge < -0.3 is 14.2 Å². The molecule has 39 heavy (non-hydrogen) atoms. The number of halogens is 2. The van der Waals surface area contributed by atoms with Gasteiger partial charge in [0.25, 0.3) is 11.1 Å². The zero-order valence-electron chi connectivity index (χ0n) is 20.9. The van der Waals surface area contributed by atoms with E-state index in [1.54, 1.807) is 30.3 Å². The normalized spacial score (nSPS) is 14.3. The van der Waals surface area contributed by atoms with Crippen LogP contribution in [0.25, 0.3) is 16.8 Å². The van der Waals surface area contributed by atoms with Gasteiger partial charge in [0.05, 0.1) is 23.6 Å². The minimum atomic E-state index is -0.385. The summed E-state index contributed by atoms with van der Waals surface area (Å²) in [4.78, 5) is 27.1. The maximum absolute atomic E-state index is 13.0. The summed E-state index contributed by atoms with van der Waals surface area (Å²) in [6, 6.07) is 24.3. The summed E-state index contributed by atoms with van der Waals surface area (Å²) in [7, 11) is 1.51. The molecule has 2 amide bonds. The van der Waals surface area contributed by atoms with Crippen molar-refractivity contribution in [3.8, 4) is 17.2 Å². The largest absolute Gasteiger partial charge is 0.493 e. The SMILES string of the molecule is COc1cc(/C=C2\SC(=O)N(CCOc3cccc4ccccc34)C2=O)cc(Cl)c1OCc1ccc(Cl)cc1. The van der Waals surface area contributed by atoms with Crippen LogP contribution < -0.4 is 14.2 Å². The molecular formula is C30H23Cl2NO5S. The molecule has 1 aliphatic heterocycles. The topological polar surface area (TPSA) is 65.1 Å². The van der Waals surface area contributed by atoms with Crippen molar-refractivity contribution in [3.63, 3.8) is 0 Å². The number of ether oxygens (including phenoxy) is 3. The number of carbonyl (C=O) groups is 2. The number of amides is 2. The van der Waals surface area contributed by atoms with Gasteiger partial charge in [0.2, 0.25) is 0 Å². The van der Waals surface area contributed by atoms with Crippen molar-refractivity contribution in [2.45, 2.75) is 6.61 Å². The number of benzene rings is 4. The minimum Gasteiger partial charge on any atom is -0.493 e. The number of methoxy groups -OCH3 is 1. The van der Waals surface area contributed by atoms with Gasteiger partial charge >= 0.3 is 0 Å². The number of hydrogen-bond acceptors (Lipinski definition) is 6. The number of carbonyl (C=O) groups excluding carboxylic acids is 2. The van der Waals surface area contributed by atoms with Crippen LogP contribution in [0.1, 0.15) is 11.1 Å². The van der Waals surface area contributed by atoms with E-state index in [0.717, 1.165) is 28.1 Å². The van der Waals surface area contributed by atoms with Crippen LogP contribution in [0.5, 0.6) is 17.2 Å². The second-order valence-electron chi connectivity index (χ2n) is 8.61. The Morgan fingerprint density at radius 1 is 0.897 bits per heavy atom. The van der Waals surface area contributed by atoms with Gasteiger partial charge in [-0.25, -0.2) is 0 Å². The summed E-state index contributed by atoms with van der Waals surface area (Å²) in [5.41, 5.74) is 1.52. The first-order chi connectivity index (χ1) is 18.9. The highest BCUT2D eigenvalue weighted by atomic mass is 35.5. The van der Waals surface area contributed by atoms with Crippen molar-refractivity contribution in [3.05, 3.63) is 105 Å². The second kappa shape index (κ2) is 12.0. The zero-order valence-corrected chi connectivity index (χ0v) is 23.2. The number of fused-ring (bicyclic) bond motifs is 1. The van der Waals surface area contributed by atoms with Crippen LogP contribution >= 0.6 is 35.0 Å². The molecule has 0 aliphatic carbocycles. The molecule has 1 heterocycles. The fourth-order valence-electron chi connectivity index (χ4n) is 4.11. The fourth-order valence-corrected chi connectivity index (χ4v) is 5.38. The first kappa shape index (κ1) is 26.9. The highest BCUT2D eigenvalue weighted by Gasteiger charge is 2.35. The lowest BCUT2D eigenvalue weighted by Gasteiger charge is -2.14. The monoisotopic (exact) mass is 579 g/mol. The van der Waals surface area contributed by atoms with E-state index in [-0.39, 0.29) is 35.8 Å². The minimum absolute atomic E-state index is 0.132. The molecule has 0 spiro atoms. The Morgan fingerprint density at radius 3 is 2.46 bits per heavy atom. The highest BCUT2D eigenvalue weighted by Crippen LogP contribution is 2.39. The van der Waals surface area contributed by atoms with E-state index in [2.05, 4.69) is 0 Å². The average molecular weight is 580 g/mol. The molecule has 4 aromatic rings. The highest BCUT2D eigenvalue weighted by molar-refractivity contribution is 8.18. The molecule has 0 unspecified atom stereocenters. The lowest BCUT2D eigenvalue weighted by atomic mass is 10.1. The Bertz CT molecular complexity index is 1570. The maximum Gasteiger partial charge on any atom is 0.293 e. The van der Waals surface area contributed by atoms with Gasteiger partial charge in [-0.05, 0) is 64.7 Å². The summed E-state index contributed by atoms with van der Waals surface area (Å²) in [5, 5.41) is 2.63. The lowest BCUT2D eigenvalue weighted by Crippen LogP contribution is -2.32. The molecule has 6 nitrogen and oxygen atoms in total. The van der Waals surface area contributed by atoms with Crippen LogP contribution in [-0.2, 0) is 11.4 Å². The van der Waals surface area contributed by atoms with E-state index < -0.39 is 0 Å². The van der Waals surface area contributed by atoms with Crippen LogP contribution in [0.2, 0.25) is 10.0 Å². The maximum atomic E-state index is 13.0. The Labute approximate surface area is 240 Å². The first-order valence-corrected chi connectivity index (χ1v) is 13.6. The van der Waals surface area contributed by atoms with E-state index >= 15 is 0 Å². The molecule has 4 aromatic carbocycles. The Hall–Kier alpha value is -3.65. The molecular weight excluding hydrogens is 557 g/mol. The summed E-state index contributed by atoms with van der Waals surface area (Å²) in [5.74, 6) is 1.11. The molecule has 0 radical (unpaired) electrons. The van der Waals surface area contributed by atoms with Gasteiger partial charge in [-0.15, -0.1) is 0 Å². The van der Waals surface area contributed by atoms with Gasteiger partial charge in [-0.2, -0.15) is 0 Å². The first-order valence-electron chi connectivity index (χ1n) is 12.0. The molecule has 0 bridgehead atoms. The predicted molar refractivity (Wildman–Crippen MR) is 156 cm³/mol. The number of nitrogens with zero attached hydrogens (tertiary/aromatic N) is 1. The molecule has 0 saturated carbocycles. The molecule has 9 heteroatoms. The van der Waals surface area contributed by atoms with Gasteiger partial charge in [0.15, 0.2) is 11.5 Å². The van der Waals surface area contributed by atoms with E-state index in [1.807, 2.05) is 54.6 Å². The average Bonchev–Trinajstić information content (AvgIpc) is 3.20. The Balaban J connectivity index is 1.26. The summed E-state index contributed by atoms with van der Waals surface area (Å²) >= 11 is 13.3. The molecule has 1 aliphatic rings. The van der Waals surface area contributed by atoms with Gasteiger partial charge in [-0.3, -0.25) is 14.5 Å². The second-order valence-corrected chi connectivity index (χ2v) is 10.4. The van der Waals surface area contributed by atoms with Crippen LogP contribution in [0.3, 0.4) is 0 Å². The third-order valence-electron chi connectivity index (χ3n) is 6.04. The molecule has 1 fully saturated rings. The van der Waals surface area contributed by atoms with Crippen LogP contribution in [0.15, 0.2) is 83.8 Å². The van der Waals surface area contributed by atoms with Crippen LogP contribution in [-0.4, -0.2) is 36.3 Å². The summed E-state index contributed by atoms with van der Waals surface area (Å²) in [6.07, 6.45) is 1.62. The van der Waals surface area contributed by atoms with Crippen molar-refractivity contribution in [2.24, 2.45) is 0 Å². The lowest BCUT2D eigenvalue weighted by molar-refractivity contribution is -0.123. The van der Waals surface area contributed by atoms with E-state index in [0.29, 0.717) is 32.9 Å². The summed E-state index contributed by atoms with van der Waals surface area (Å²) < 4.78 is 17.3. The summed E-state index contributed by atoms with van der Waals surface area (Å²) in [6.45, 7) is 0.581. The standard InChI is InChI=1S/C30H23Cl2NO5S/c1-36-26-16-20(15-24(32)28(26)38-18-19-9-11-22(31)12-10-19)17-27-29(34)33(30(35)39-27)13-14-37-25-8-4-6-21-5-2-3-7-23(21)25/h2-12,15-17H,13-14,18H2,1H3/b27-17-. The van der Waals surface area contributed by atoms with Gasteiger partial charge in [-0.1, -0.05) is 71.7 Å². The molecule has 198 valence electrons. The molecule has 0 atom stereocenters. The molecule has 0 aromatic heterocycles. The molecule has 0 N–H and O–H groups in total. The number of imide groups is 1.